The fraction of sp³-hybridized carbons (Fsp3) is 0.393. The van der Waals surface area contributed by atoms with E-state index in [2.05, 4.69) is 85.4 Å². The minimum absolute atomic E-state index is 0.295. The molecule has 1 saturated carbocycles. The standard InChI is InChI=1S/C28H32N2/c1-21-14-16-26(17-15-21)30-27-18-25-13-7-12-24(28(25,2)19-23(27)20-29-30)11-6-10-22-8-4-3-5-9-22/h3-5,8-9,14-18,20,24H,6-7,10-13,19H2,1-2H3. The van der Waals surface area contributed by atoms with Crippen molar-refractivity contribution in [1.82, 2.24) is 9.78 Å². The number of aromatic nitrogens is 2. The molecule has 2 nitrogen and oxygen atoms in total. The van der Waals surface area contributed by atoms with Crippen molar-refractivity contribution >= 4 is 6.08 Å². The van der Waals surface area contributed by atoms with Crippen LogP contribution in [0, 0.1) is 18.3 Å². The van der Waals surface area contributed by atoms with E-state index in [-0.39, 0.29) is 0 Å². The van der Waals surface area contributed by atoms with E-state index in [1.54, 1.807) is 5.57 Å². The molecule has 2 atom stereocenters. The van der Waals surface area contributed by atoms with E-state index in [1.165, 1.54) is 60.9 Å². The van der Waals surface area contributed by atoms with Crippen LogP contribution in [-0.4, -0.2) is 9.78 Å². The molecule has 1 heterocycles. The molecule has 0 N–H and O–H groups in total. The Kier molecular flexibility index (Phi) is 5.10. The van der Waals surface area contributed by atoms with Gasteiger partial charge in [-0.3, -0.25) is 0 Å². The van der Waals surface area contributed by atoms with Gasteiger partial charge in [0.15, 0.2) is 0 Å². The van der Waals surface area contributed by atoms with Crippen LogP contribution in [0.5, 0.6) is 0 Å². The smallest absolute Gasteiger partial charge is 0.0700 e. The largest absolute Gasteiger partial charge is 0.233 e. The average Bonchev–Trinajstić information content (AvgIpc) is 3.16. The van der Waals surface area contributed by atoms with Crippen LogP contribution < -0.4 is 0 Å². The molecular weight excluding hydrogens is 364 g/mol. The molecular formula is C28H32N2. The molecule has 2 aromatic carbocycles. The predicted octanol–water partition coefficient (Wildman–Crippen LogP) is 6.95. The molecule has 0 spiro atoms. The Morgan fingerprint density at radius 3 is 2.67 bits per heavy atom. The van der Waals surface area contributed by atoms with Crippen molar-refractivity contribution in [1.29, 1.82) is 0 Å². The van der Waals surface area contributed by atoms with E-state index >= 15 is 0 Å². The first-order valence-electron chi connectivity index (χ1n) is 11.5. The predicted molar refractivity (Wildman–Crippen MR) is 125 cm³/mol. The van der Waals surface area contributed by atoms with Crippen molar-refractivity contribution in [2.45, 2.75) is 58.8 Å². The second kappa shape index (κ2) is 7.91. The molecule has 3 aromatic rings. The molecule has 0 saturated heterocycles. The second-order valence-corrected chi connectivity index (χ2v) is 9.53. The Hall–Kier alpha value is -2.61. The Labute approximate surface area is 180 Å². The molecule has 2 heteroatoms. The van der Waals surface area contributed by atoms with Crippen LogP contribution in [0.4, 0.5) is 0 Å². The highest BCUT2D eigenvalue weighted by Gasteiger charge is 2.42. The van der Waals surface area contributed by atoms with Gasteiger partial charge in [-0.2, -0.15) is 5.10 Å². The monoisotopic (exact) mass is 396 g/mol. The summed E-state index contributed by atoms with van der Waals surface area (Å²) in [4.78, 5) is 0. The molecule has 2 aliphatic carbocycles. The Balaban J connectivity index is 1.37. The summed E-state index contributed by atoms with van der Waals surface area (Å²) in [5.41, 5.74) is 8.59. The molecule has 1 aromatic heterocycles. The van der Waals surface area contributed by atoms with Gasteiger partial charge in [0.2, 0.25) is 0 Å². The van der Waals surface area contributed by atoms with Gasteiger partial charge in [-0.25, -0.2) is 4.68 Å². The number of nitrogens with zero attached hydrogens (tertiary/aromatic N) is 2. The highest BCUT2D eigenvalue weighted by atomic mass is 15.3. The third-order valence-electron chi connectivity index (χ3n) is 7.53. The summed E-state index contributed by atoms with van der Waals surface area (Å²) in [6.07, 6.45) is 13.5. The van der Waals surface area contributed by atoms with E-state index in [9.17, 15) is 0 Å². The lowest BCUT2D eigenvalue weighted by Crippen LogP contribution is -2.37. The van der Waals surface area contributed by atoms with Gasteiger partial charge in [-0.15, -0.1) is 0 Å². The molecule has 1 fully saturated rings. The number of fused-ring (bicyclic) bond motifs is 2. The fourth-order valence-electron chi connectivity index (χ4n) is 5.69. The van der Waals surface area contributed by atoms with Gasteiger partial charge in [-0.1, -0.05) is 60.5 Å². The van der Waals surface area contributed by atoms with Crippen molar-refractivity contribution in [2.75, 3.05) is 0 Å². The van der Waals surface area contributed by atoms with Crippen LogP contribution in [0.15, 0.2) is 66.4 Å². The number of allylic oxidation sites excluding steroid dienone is 1. The summed E-state index contributed by atoms with van der Waals surface area (Å²) in [6, 6.07) is 19.7. The molecule has 0 bridgehead atoms. The number of aryl methyl sites for hydroxylation is 2. The van der Waals surface area contributed by atoms with Gasteiger partial charge in [0.05, 0.1) is 17.6 Å². The minimum atomic E-state index is 0.295. The first kappa shape index (κ1) is 19.4. The number of hydrogen-bond acceptors (Lipinski definition) is 1. The van der Waals surface area contributed by atoms with Crippen LogP contribution in [-0.2, 0) is 12.8 Å². The number of rotatable bonds is 5. The molecule has 2 aliphatic rings. The fourth-order valence-corrected chi connectivity index (χ4v) is 5.69. The quantitative estimate of drug-likeness (QED) is 0.456. The topological polar surface area (TPSA) is 17.8 Å². The van der Waals surface area contributed by atoms with Crippen LogP contribution in [0.1, 0.15) is 61.4 Å². The highest BCUT2D eigenvalue weighted by molar-refractivity contribution is 5.61. The van der Waals surface area contributed by atoms with Gasteiger partial charge < -0.3 is 0 Å². The van der Waals surface area contributed by atoms with Gasteiger partial charge in [0.25, 0.3) is 0 Å². The molecule has 0 amide bonds. The van der Waals surface area contributed by atoms with Crippen molar-refractivity contribution in [3.05, 3.63) is 88.8 Å². The van der Waals surface area contributed by atoms with Gasteiger partial charge in [0.1, 0.15) is 0 Å². The van der Waals surface area contributed by atoms with Gasteiger partial charge >= 0.3 is 0 Å². The van der Waals surface area contributed by atoms with E-state index in [0.717, 1.165) is 18.0 Å². The van der Waals surface area contributed by atoms with Crippen LogP contribution in [0.3, 0.4) is 0 Å². The Morgan fingerprint density at radius 2 is 1.87 bits per heavy atom. The maximum absolute atomic E-state index is 4.79. The van der Waals surface area contributed by atoms with Gasteiger partial charge in [0, 0.05) is 0 Å². The normalized spacial score (nSPS) is 22.9. The SMILES string of the molecule is Cc1ccc(-n2ncc3c2C=C2CCCC(CCCc4ccccc4)C2(C)C3)cc1. The maximum Gasteiger partial charge on any atom is 0.0700 e. The molecule has 2 unspecified atom stereocenters. The van der Waals surface area contributed by atoms with Crippen LogP contribution >= 0.6 is 0 Å². The number of benzene rings is 2. The zero-order valence-corrected chi connectivity index (χ0v) is 18.3. The first-order valence-corrected chi connectivity index (χ1v) is 11.5. The van der Waals surface area contributed by atoms with Crippen molar-refractivity contribution in [3.63, 3.8) is 0 Å². The summed E-state index contributed by atoms with van der Waals surface area (Å²) in [6.45, 7) is 4.66. The van der Waals surface area contributed by atoms with E-state index < -0.39 is 0 Å². The van der Waals surface area contributed by atoms with Crippen LogP contribution in [0.25, 0.3) is 11.8 Å². The third-order valence-corrected chi connectivity index (χ3v) is 7.53. The maximum atomic E-state index is 4.79. The Bertz CT molecular complexity index is 1040. The van der Waals surface area contributed by atoms with Crippen molar-refractivity contribution in [2.24, 2.45) is 11.3 Å². The summed E-state index contributed by atoms with van der Waals surface area (Å²) in [5, 5.41) is 4.79. The highest BCUT2D eigenvalue weighted by Crippen LogP contribution is 2.52. The van der Waals surface area contributed by atoms with E-state index in [4.69, 9.17) is 5.10 Å². The minimum Gasteiger partial charge on any atom is -0.233 e. The average molecular weight is 397 g/mol. The molecule has 30 heavy (non-hydrogen) atoms. The summed E-state index contributed by atoms with van der Waals surface area (Å²) in [5.74, 6) is 0.775. The summed E-state index contributed by atoms with van der Waals surface area (Å²) < 4.78 is 2.14. The second-order valence-electron chi connectivity index (χ2n) is 9.53. The van der Waals surface area contributed by atoms with Crippen molar-refractivity contribution in [3.8, 4) is 5.69 Å². The van der Waals surface area contributed by atoms with Crippen molar-refractivity contribution < 1.29 is 0 Å². The van der Waals surface area contributed by atoms with Gasteiger partial charge in [-0.05, 0) is 92.5 Å². The van der Waals surface area contributed by atoms with E-state index in [1.807, 2.05) is 0 Å². The zero-order valence-electron chi connectivity index (χ0n) is 18.3. The summed E-state index contributed by atoms with van der Waals surface area (Å²) in [7, 11) is 0. The number of hydrogen-bond donors (Lipinski definition) is 0. The first-order chi connectivity index (χ1) is 14.6. The molecule has 0 aliphatic heterocycles. The lowest BCUT2D eigenvalue weighted by atomic mass is 9.58. The molecule has 154 valence electrons. The molecule has 0 radical (unpaired) electrons. The molecule has 5 rings (SSSR count). The lowest BCUT2D eigenvalue weighted by molar-refractivity contribution is 0.167. The van der Waals surface area contributed by atoms with E-state index in [0.29, 0.717) is 5.41 Å². The Morgan fingerprint density at radius 1 is 1.07 bits per heavy atom. The summed E-state index contributed by atoms with van der Waals surface area (Å²) >= 11 is 0. The lowest BCUT2D eigenvalue weighted by Gasteiger charge is -2.46. The third kappa shape index (κ3) is 3.53. The van der Waals surface area contributed by atoms with Crippen LogP contribution in [0.2, 0.25) is 0 Å². The zero-order chi connectivity index (χ0) is 20.6.